The number of hydrogen-bond acceptors (Lipinski definition) is 6. The van der Waals surface area contributed by atoms with Crippen molar-refractivity contribution >= 4 is 17.2 Å². The van der Waals surface area contributed by atoms with E-state index < -0.39 is 0 Å². The van der Waals surface area contributed by atoms with Crippen LogP contribution in [0, 0.1) is 0 Å². The van der Waals surface area contributed by atoms with Crippen molar-refractivity contribution in [2.45, 2.75) is 20.4 Å². The molecule has 2 heterocycles. The zero-order valence-corrected chi connectivity index (χ0v) is 15.4. The minimum Gasteiger partial charge on any atom is -0.495 e. The van der Waals surface area contributed by atoms with Gasteiger partial charge in [0.15, 0.2) is 5.78 Å². The molecule has 0 aliphatic heterocycles. The Morgan fingerprint density at radius 1 is 1.22 bits per heavy atom. The van der Waals surface area contributed by atoms with E-state index >= 15 is 0 Å². The molecule has 0 aliphatic carbocycles. The first-order valence-corrected chi connectivity index (χ1v) is 8.52. The monoisotopic (exact) mass is 364 g/mol. The Balaban J connectivity index is 2.25. The average Bonchev–Trinajstić information content (AvgIpc) is 2.69. The fourth-order valence-corrected chi connectivity index (χ4v) is 2.78. The largest absolute Gasteiger partial charge is 0.495 e. The second-order valence-electron chi connectivity index (χ2n) is 5.88. The van der Waals surface area contributed by atoms with Crippen LogP contribution in [-0.4, -0.2) is 27.7 Å². The van der Waals surface area contributed by atoms with E-state index in [9.17, 15) is 9.59 Å². The van der Waals surface area contributed by atoms with Gasteiger partial charge in [0.2, 0.25) is 0 Å². The molecule has 0 bridgehead atoms. The summed E-state index contributed by atoms with van der Waals surface area (Å²) in [5.41, 5.74) is 1.82. The third-order valence-electron chi connectivity index (χ3n) is 4.07. The topological polar surface area (TPSA) is 86.1 Å². The molecule has 0 spiro atoms. The molecule has 3 rings (SSSR count). The highest BCUT2D eigenvalue weighted by atomic mass is 16.5. The van der Waals surface area contributed by atoms with Gasteiger partial charge in [0.25, 0.3) is 5.56 Å². The molecule has 138 valence electrons. The number of ether oxygens (including phenoxy) is 1. The van der Waals surface area contributed by atoms with Crippen molar-refractivity contribution in [1.82, 2.24) is 14.8 Å². The van der Waals surface area contributed by atoms with Gasteiger partial charge in [-0.25, -0.2) is 4.68 Å². The SMILES string of the molecule is CCn1nc(-c2ccccc2)c(C(C)=O)c(Nc2cncc(OC)c2)c1=O. The molecule has 0 amide bonds. The first-order valence-electron chi connectivity index (χ1n) is 8.52. The van der Waals surface area contributed by atoms with Gasteiger partial charge in [-0.1, -0.05) is 30.3 Å². The lowest BCUT2D eigenvalue weighted by atomic mass is 10.0. The maximum atomic E-state index is 12.9. The lowest BCUT2D eigenvalue weighted by molar-refractivity contribution is 0.101. The number of hydrogen-bond donors (Lipinski definition) is 1. The standard InChI is InChI=1S/C20H20N4O3/c1-4-24-20(26)19(22-15-10-16(27-3)12-21-11-15)17(13(2)25)18(23-24)14-8-6-5-7-9-14/h5-12,22H,4H2,1-3H3. The van der Waals surface area contributed by atoms with E-state index in [4.69, 9.17) is 4.74 Å². The van der Waals surface area contributed by atoms with Gasteiger partial charge >= 0.3 is 0 Å². The van der Waals surface area contributed by atoms with Crippen molar-refractivity contribution in [3.05, 3.63) is 64.7 Å². The quantitative estimate of drug-likeness (QED) is 0.676. The smallest absolute Gasteiger partial charge is 0.291 e. The first-order chi connectivity index (χ1) is 13.0. The Labute approximate surface area is 156 Å². The number of benzene rings is 1. The molecule has 0 atom stereocenters. The Bertz CT molecular complexity index is 1030. The number of rotatable bonds is 6. The molecule has 27 heavy (non-hydrogen) atoms. The fraction of sp³-hybridized carbons (Fsp3) is 0.200. The Morgan fingerprint density at radius 2 is 1.96 bits per heavy atom. The summed E-state index contributed by atoms with van der Waals surface area (Å²) in [6.45, 7) is 3.63. The molecule has 0 unspecified atom stereocenters. The highest BCUT2D eigenvalue weighted by Crippen LogP contribution is 2.28. The zero-order valence-electron chi connectivity index (χ0n) is 15.4. The van der Waals surface area contributed by atoms with Gasteiger partial charge in [-0.05, 0) is 13.8 Å². The number of anilines is 2. The van der Waals surface area contributed by atoms with Gasteiger partial charge in [-0.15, -0.1) is 0 Å². The molecular weight excluding hydrogens is 344 g/mol. The van der Waals surface area contributed by atoms with Crippen LogP contribution in [0.25, 0.3) is 11.3 Å². The molecule has 0 saturated heterocycles. The lowest BCUT2D eigenvalue weighted by Gasteiger charge is -2.16. The maximum Gasteiger partial charge on any atom is 0.291 e. The van der Waals surface area contributed by atoms with Crippen LogP contribution in [0.3, 0.4) is 0 Å². The Hall–Kier alpha value is -3.48. The molecule has 0 radical (unpaired) electrons. The predicted molar refractivity (Wildman–Crippen MR) is 104 cm³/mol. The summed E-state index contributed by atoms with van der Waals surface area (Å²) in [6.07, 6.45) is 3.12. The number of pyridine rings is 1. The molecule has 1 aromatic carbocycles. The number of aromatic nitrogens is 3. The van der Waals surface area contributed by atoms with Crippen molar-refractivity contribution in [2.24, 2.45) is 0 Å². The first kappa shape index (κ1) is 18.3. The van der Waals surface area contributed by atoms with Crippen molar-refractivity contribution < 1.29 is 9.53 Å². The van der Waals surface area contributed by atoms with E-state index in [1.165, 1.54) is 18.7 Å². The van der Waals surface area contributed by atoms with Crippen molar-refractivity contribution in [3.8, 4) is 17.0 Å². The molecule has 7 nitrogen and oxygen atoms in total. The van der Waals surface area contributed by atoms with Crippen LogP contribution in [0.5, 0.6) is 5.75 Å². The van der Waals surface area contributed by atoms with E-state index in [2.05, 4.69) is 15.4 Å². The second-order valence-corrected chi connectivity index (χ2v) is 5.88. The van der Waals surface area contributed by atoms with Gasteiger partial charge in [-0.2, -0.15) is 5.10 Å². The number of nitrogens with zero attached hydrogens (tertiary/aromatic N) is 3. The van der Waals surface area contributed by atoms with Gasteiger partial charge in [0.1, 0.15) is 17.1 Å². The number of carbonyl (C=O) groups is 1. The third kappa shape index (κ3) is 3.72. The summed E-state index contributed by atoms with van der Waals surface area (Å²) in [4.78, 5) is 29.4. The summed E-state index contributed by atoms with van der Waals surface area (Å²) in [5, 5.41) is 7.47. The number of Topliss-reactive ketones (excluding diaryl/α,β-unsaturated/α-hetero) is 1. The molecule has 0 saturated carbocycles. The Kier molecular flexibility index (Phi) is 5.30. The highest BCUT2D eigenvalue weighted by molar-refractivity contribution is 6.05. The molecule has 1 N–H and O–H groups in total. The van der Waals surface area contributed by atoms with Crippen LogP contribution >= 0.6 is 0 Å². The van der Waals surface area contributed by atoms with Crippen LogP contribution in [0.2, 0.25) is 0 Å². The van der Waals surface area contributed by atoms with Gasteiger partial charge in [0, 0.05) is 18.2 Å². The van der Waals surface area contributed by atoms with Crippen molar-refractivity contribution in [3.63, 3.8) is 0 Å². The molecule has 0 aliphatic rings. The van der Waals surface area contributed by atoms with Gasteiger partial charge < -0.3 is 10.1 Å². The average molecular weight is 364 g/mol. The van der Waals surface area contributed by atoms with Crippen LogP contribution in [0.15, 0.2) is 53.6 Å². The number of methoxy groups -OCH3 is 1. The highest BCUT2D eigenvalue weighted by Gasteiger charge is 2.22. The normalized spacial score (nSPS) is 10.5. The minimum atomic E-state index is -0.370. The lowest BCUT2D eigenvalue weighted by Crippen LogP contribution is -2.28. The second kappa shape index (κ2) is 7.82. The molecular formula is C20H20N4O3. The fourth-order valence-electron chi connectivity index (χ4n) is 2.78. The molecule has 0 fully saturated rings. The van der Waals surface area contributed by atoms with E-state index in [0.717, 1.165) is 5.56 Å². The van der Waals surface area contributed by atoms with Crippen LogP contribution in [0.1, 0.15) is 24.2 Å². The summed E-state index contributed by atoms with van der Waals surface area (Å²) in [6, 6.07) is 11.0. The van der Waals surface area contributed by atoms with E-state index in [1.807, 2.05) is 37.3 Å². The summed E-state index contributed by atoms with van der Waals surface area (Å²) < 4.78 is 6.51. The maximum absolute atomic E-state index is 12.9. The number of carbonyl (C=O) groups excluding carboxylic acids is 1. The summed E-state index contributed by atoms with van der Waals surface area (Å²) >= 11 is 0. The van der Waals surface area contributed by atoms with Crippen molar-refractivity contribution in [1.29, 1.82) is 0 Å². The molecule has 2 aromatic heterocycles. The number of ketones is 1. The third-order valence-corrected chi connectivity index (χ3v) is 4.07. The molecule has 7 heteroatoms. The Morgan fingerprint density at radius 3 is 2.59 bits per heavy atom. The van der Waals surface area contributed by atoms with E-state index in [-0.39, 0.29) is 22.6 Å². The van der Waals surface area contributed by atoms with E-state index in [1.54, 1.807) is 18.5 Å². The van der Waals surface area contributed by atoms with Gasteiger partial charge in [0.05, 0.1) is 30.8 Å². The summed E-state index contributed by atoms with van der Waals surface area (Å²) in [5.74, 6) is 0.289. The van der Waals surface area contributed by atoms with E-state index in [0.29, 0.717) is 23.7 Å². The summed E-state index contributed by atoms with van der Waals surface area (Å²) in [7, 11) is 1.53. The van der Waals surface area contributed by atoms with Crippen molar-refractivity contribution in [2.75, 3.05) is 12.4 Å². The van der Waals surface area contributed by atoms with Crippen LogP contribution in [0.4, 0.5) is 11.4 Å². The zero-order chi connectivity index (χ0) is 19.4. The predicted octanol–water partition coefficient (Wildman–Crippen LogP) is 3.28. The molecule has 3 aromatic rings. The van der Waals surface area contributed by atoms with Crippen LogP contribution < -0.4 is 15.6 Å². The minimum absolute atomic E-state index is 0.174. The number of aryl methyl sites for hydroxylation is 1. The van der Waals surface area contributed by atoms with Crippen LogP contribution in [-0.2, 0) is 6.54 Å². The number of nitrogens with one attached hydrogen (secondary N) is 1. The van der Waals surface area contributed by atoms with Gasteiger partial charge in [-0.3, -0.25) is 14.6 Å².